The van der Waals surface area contributed by atoms with Crippen LogP contribution in [0.5, 0.6) is 0 Å². The van der Waals surface area contributed by atoms with Gasteiger partial charge in [0.25, 0.3) is 5.69 Å². The topological polar surface area (TPSA) is 55.2 Å². The van der Waals surface area contributed by atoms with Crippen molar-refractivity contribution in [2.75, 3.05) is 11.9 Å². The Balaban J connectivity index is 2.21. The zero-order valence-electron chi connectivity index (χ0n) is 11.8. The fraction of sp³-hybridized carbons (Fsp3) is 0.571. The number of rotatable bonds is 5. The van der Waals surface area contributed by atoms with Gasteiger partial charge >= 0.3 is 6.18 Å². The smallest absolute Gasteiger partial charge is 0.379 e. The van der Waals surface area contributed by atoms with E-state index in [0.717, 1.165) is 25.0 Å². The molecule has 1 aromatic carbocycles. The molecule has 116 valence electrons. The minimum Gasteiger partial charge on any atom is -0.379 e. The summed E-state index contributed by atoms with van der Waals surface area (Å²) >= 11 is 0. The van der Waals surface area contributed by atoms with Crippen molar-refractivity contribution in [2.24, 2.45) is 11.3 Å². The van der Waals surface area contributed by atoms with Crippen LogP contribution in [0.1, 0.15) is 32.3 Å². The lowest BCUT2D eigenvalue weighted by Crippen LogP contribution is -2.21. The number of benzene rings is 1. The predicted molar refractivity (Wildman–Crippen MR) is 73.1 cm³/mol. The van der Waals surface area contributed by atoms with Crippen LogP contribution in [-0.4, -0.2) is 11.5 Å². The molecule has 4 nitrogen and oxygen atoms in total. The summed E-state index contributed by atoms with van der Waals surface area (Å²) < 4.78 is 37.8. The SMILES string of the molecule is CC(C)C1(CNc2ccc(C(F)(F)F)cc2[N+](=O)[O-])CC1. The highest BCUT2D eigenvalue weighted by atomic mass is 19.4. The van der Waals surface area contributed by atoms with Gasteiger partial charge in [0.1, 0.15) is 5.69 Å². The summed E-state index contributed by atoms with van der Waals surface area (Å²) in [4.78, 5) is 10.2. The zero-order chi connectivity index (χ0) is 15.8. The van der Waals surface area contributed by atoms with Crippen LogP contribution >= 0.6 is 0 Å². The van der Waals surface area contributed by atoms with Crippen LogP contribution in [0, 0.1) is 21.4 Å². The van der Waals surface area contributed by atoms with Gasteiger partial charge in [0.2, 0.25) is 0 Å². The van der Waals surface area contributed by atoms with Gasteiger partial charge in [-0.3, -0.25) is 10.1 Å². The third-order valence-corrected chi connectivity index (χ3v) is 4.27. The highest BCUT2D eigenvalue weighted by Gasteiger charge is 2.45. The van der Waals surface area contributed by atoms with Gasteiger partial charge < -0.3 is 5.32 Å². The number of hydrogen-bond donors (Lipinski definition) is 1. The Kier molecular flexibility index (Phi) is 3.86. The Morgan fingerprint density at radius 1 is 1.38 bits per heavy atom. The van der Waals surface area contributed by atoms with Crippen molar-refractivity contribution in [2.45, 2.75) is 32.9 Å². The first kappa shape index (κ1) is 15.6. The number of nitro groups is 1. The first-order valence-corrected chi connectivity index (χ1v) is 6.75. The lowest BCUT2D eigenvalue weighted by molar-refractivity contribution is -0.384. The molecule has 1 aliphatic rings. The van der Waals surface area contributed by atoms with Crippen LogP contribution in [0.15, 0.2) is 18.2 Å². The second kappa shape index (κ2) is 5.20. The summed E-state index contributed by atoms with van der Waals surface area (Å²) in [5, 5.41) is 13.9. The van der Waals surface area contributed by atoms with E-state index in [1.807, 2.05) is 0 Å². The van der Waals surface area contributed by atoms with Crippen molar-refractivity contribution >= 4 is 11.4 Å². The molecule has 1 aromatic rings. The summed E-state index contributed by atoms with van der Waals surface area (Å²) in [6, 6.07) is 2.58. The molecule has 0 amide bonds. The van der Waals surface area contributed by atoms with E-state index < -0.39 is 22.4 Å². The van der Waals surface area contributed by atoms with Gasteiger partial charge in [-0.15, -0.1) is 0 Å². The number of alkyl halides is 3. The number of halogens is 3. The molecule has 1 N–H and O–H groups in total. The van der Waals surface area contributed by atoms with Crippen LogP contribution in [0.2, 0.25) is 0 Å². The summed E-state index contributed by atoms with van der Waals surface area (Å²) in [5.41, 5.74) is -1.30. The Labute approximate surface area is 120 Å². The maximum absolute atomic E-state index is 12.6. The summed E-state index contributed by atoms with van der Waals surface area (Å²) in [6.07, 6.45) is -2.52. The fourth-order valence-electron chi connectivity index (χ4n) is 2.40. The highest BCUT2D eigenvalue weighted by molar-refractivity contribution is 5.63. The molecule has 0 atom stereocenters. The molecular formula is C14H17F3N2O2. The van der Waals surface area contributed by atoms with Gasteiger partial charge in [0.05, 0.1) is 10.5 Å². The van der Waals surface area contributed by atoms with Crippen molar-refractivity contribution in [3.63, 3.8) is 0 Å². The van der Waals surface area contributed by atoms with E-state index in [1.165, 1.54) is 0 Å². The van der Waals surface area contributed by atoms with Crippen molar-refractivity contribution in [1.82, 2.24) is 0 Å². The molecule has 1 aliphatic carbocycles. The maximum Gasteiger partial charge on any atom is 0.416 e. The van der Waals surface area contributed by atoms with E-state index in [9.17, 15) is 23.3 Å². The minimum absolute atomic E-state index is 0.108. The summed E-state index contributed by atoms with van der Waals surface area (Å²) in [5.74, 6) is 0.429. The number of hydrogen-bond acceptors (Lipinski definition) is 3. The zero-order valence-corrected chi connectivity index (χ0v) is 11.8. The third-order valence-electron chi connectivity index (χ3n) is 4.27. The van der Waals surface area contributed by atoms with E-state index in [1.54, 1.807) is 0 Å². The Hall–Kier alpha value is -1.79. The molecule has 7 heteroatoms. The van der Waals surface area contributed by atoms with Gasteiger partial charge in [-0.25, -0.2) is 0 Å². The molecule has 0 aliphatic heterocycles. The molecular weight excluding hydrogens is 285 g/mol. The van der Waals surface area contributed by atoms with Crippen LogP contribution in [0.3, 0.4) is 0 Å². The molecule has 0 radical (unpaired) electrons. The molecule has 2 rings (SSSR count). The molecule has 1 fully saturated rings. The third kappa shape index (κ3) is 3.28. The number of nitrogens with zero attached hydrogens (tertiary/aromatic N) is 1. The maximum atomic E-state index is 12.6. The molecule has 1 saturated carbocycles. The molecule has 21 heavy (non-hydrogen) atoms. The molecule has 0 saturated heterocycles. The average molecular weight is 302 g/mol. The van der Waals surface area contributed by atoms with E-state index in [-0.39, 0.29) is 11.1 Å². The van der Waals surface area contributed by atoms with Gasteiger partial charge in [0.15, 0.2) is 0 Å². The van der Waals surface area contributed by atoms with Crippen molar-refractivity contribution in [3.05, 3.63) is 33.9 Å². The summed E-state index contributed by atoms with van der Waals surface area (Å²) in [6.45, 7) is 4.70. The standard InChI is InChI=1S/C14H17F3N2O2/c1-9(2)13(5-6-13)8-18-11-4-3-10(14(15,16)17)7-12(11)19(20)21/h3-4,7,9,18H,5-6,8H2,1-2H3. The molecule has 0 aromatic heterocycles. The first-order chi connectivity index (χ1) is 9.66. The van der Waals surface area contributed by atoms with E-state index in [2.05, 4.69) is 19.2 Å². The van der Waals surface area contributed by atoms with Gasteiger partial charge in [0, 0.05) is 12.6 Å². The first-order valence-electron chi connectivity index (χ1n) is 6.75. The van der Waals surface area contributed by atoms with Crippen LogP contribution in [0.4, 0.5) is 24.5 Å². The van der Waals surface area contributed by atoms with Gasteiger partial charge in [-0.05, 0) is 36.3 Å². The second-order valence-electron chi connectivity index (χ2n) is 5.86. The monoisotopic (exact) mass is 302 g/mol. The molecule has 0 unspecified atom stereocenters. The van der Waals surface area contributed by atoms with Crippen molar-refractivity contribution in [3.8, 4) is 0 Å². The number of nitrogens with one attached hydrogen (secondary N) is 1. The Morgan fingerprint density at radius 2 is 2.00 bits per heavy atom. The molecule has 0 bridgehead atoms. The van der Waals surface area contributed by atoms with Crippen LogP contribution in [-0.2, 0) is 6.18 Å². The lowest BCUT2D eigenvalue weighted by Gasteiger charge is -2.20. The molecule has 0 heterocycles. The number of nitro benzene ring substituents is 1. The van der Waals surface area contributed by atoms with Crippen LogP contribution in [0.25, 0.3) is 0 Å². The minimum atomic E-state index is -4.58. The average Bonchev–Trinajstić information content (AvgIpc) is 3.16. The summed E-state index contributed by atoms with van der Waals surface area (Å²) in [7, 11) is 0. The van der Waals surface area contributed by atoms with E-state index >= 15 is 0 Å². The van der Waals surface area contributed by atoms with Crippen molar-refractivity contribution < 1.29 is 18.1 Å². The predicted octanol–water partition coefficient (Wildman–Crippen LogP) is 4.46. The van der Waals surface area contributed by atoms with E-state index in [4.69, 9.17) is 0 Å². The van der Waals surface area contributed by atoms with Crippen molar-refractivity contribution in [1.29, 1.82) is 0 Å². The molecule has 0 spiro atoms. The lowest BCUT2D eigenvalue weighted by atomic mass is 9.92. The fourth-order valence-corrected chi connectivity index (χ4v) is 2.40. The van der Waals surface area contributed by atoms with Gasteiger partial charge in [-0.2, -0.15) is 13.2 Å². The highest BCUT2D eigenvalue weighted by Crippen LogP contribution is 2.52. The largest absolute Gasteiger partial charge is 0.416 e. The normalized spacial score (nSPS) is 16.9. The number of anilines is 1. The van der Waals surface area contributed by atoms with Gasteiger partial charge in [-0.1, -0.05) is 13.8 Å². The Bertz CT molecular complexity index is 552. The Morgan fingerprint density at radius 3 is 2.43 bits per heavy atom. The second-order valence-corrected chi connectivity index (χ2v) is 5.86. The quantitative estimate of drug-likeness (QED) is 0.645. The van der Waals surface area contributed by atoms with Crippen LogP contribution < -0.4 is 5.32 Å². The van der Waals surface area contributed by atoms with E-state index in [0.29, 0.717) is 18.5 Å².